The van der Waals surface area contributed by atoms with Crippen LogP contribution in [-0.4, -0.2) is 46.5 Å². The second kappa shape index (κ2) is 13.1. The molecule has 0 unspecified atom stereocenters. The van der Waals surface area contributed by atoms with Crippen LogP contribution in [0.1, 0.15) is 36.0 Å². The highest BCUT2D eigenvalue weighted by Gasteiger charge is 2.12. The third kappa shape index (κ3) is 8.02. The predicted octanol–water partition coefficient (Wildman–Crippen LogP) is 3.06. The highest BCUT2D eigenvalue weighted by Crippen LogP contribution is 2.14. The van der Waals surface area contributed by atoms with Crippen LogP contribution in [0.3, 0.4) is 0 Å². The van der Waals surface area contributed by atoms with E-state index in [0.29, 0.717) is 19.0 Å². The number of sulfonamides is 1. The van der Waals surface area contributed by atoms with Gasteiger partial charge in [0.2, 0.25) is 10.0 Å². The lowest BCUT2D eigenvalue weighted by molar-refractivity contribution is 0.221. The van der Waals surface area contributed by atoms with E-state index in [1.165, 1.54) is 50.5 Å². The molecule has 3 N–H and O–H groups in total. The Hall–Kier alpha value is -1.69. The molecule has 32 heavy (non-hydrogen) atoms. The van der Waals surface area contributed by atoms with E-state index in [-0.39, 0.29) is 28.9 Å². The summed E-state index contributed by atoms with van der Waals surface area (Å²) in [6.07, 6.45) is 3.98. The Kier molecular flexibility index (Phi) is 10.9. The van der Waals surface area contributed by atoms with Gasteiger partial charge in [0.1, 0.15) is 0 Å². The van der Waals surface area contributed by atoms with E-state index in [1.54, 1.807) is 25.2 Å². The van der Waals surface area contributed by atoms with Crippen molar-refractivity contribution < 1.29 is 8.42 Å². The van der Waals surface area contributed by atoms with Gasteiger partial charge in [0.25, 0.3) is 0 Å². The molecule has 1 fully saturated rings. The minimum absolute atomic E-state index is 0. The summed E-state index contributed by atoms with van der Waals surface area (Å²) >= 11 is 0. The first-order chi connectivity index (χ1) is 15.0. The summed E-state index contributed by atoms with van der Waals surface area (Å²) in [5, 5.41) is 6.55. The molecule has 1 heterocycles. The second-order valence-corrected chi connectivity index (χ2v) is 9.67. The number of piperidine rings is 1. The fourth-order valence-corrected chi connectivity index (χ4v) is 4.47. The van der Waals surface area contributed by atoms with Crippen LogP contribution in [0.5, 0.6) is 0 Å². The zero-order valence-corrected chi connectivity index (χ0v) is 21.9. The molecule has 0 spiro atoms. The Morgan fingerprint density at radius 2 is 1.56 bits per heavy atom. The zero-order chi connectivity index (χ0) is 22.1. The van der Waals surface area contributed by atoms with Crippen LogP contribution in [0.4, 0.5) is 0 Å². The maximum atomic E-state index is 12.0. The molecule has 2 aromatic rings. The quantitative estimate of drug-likeness (QED) is 0.258. The molecule has 2 aromatic carbocycles. The highest BCUT2D eigenvalue weighted by atomic mass is 127. The van der Waals surface area contributed by atoms with E-state index >= 15 is 0 Å². The minimum atomic E-state index is -3.45. The van der Waals surface area contributed by atoms with E-state index in [2.05, 4.69) is 49.5 Å². The van der Waals surface area contributed by atoms with Crippen molar-refractivity contribution in [3.05, 3.63) is 65.2 Å². The Bertz CT molecular complexity index is 974. The zero-order valence-electron chi connectivity index (χ0n) is 18.8. The molecule has 0 bridgehead atoms. The van der Waals surface area contributed by atoms with Gasteiger partial charge in [-0.05, 0) is 61.8 Å². The van der Waals surface area contributed by atoms with Crippen LogP contribution in [-0.2, 0) is 29.7 Å². The van der Waals surface area contributed by atoms with Crippen molar-refractivity contribution in [3.8, 4) is 0 Å². The maximum absolute atomic E-state index is 12.0. The van der Waals surface area contributed by atoms with Gasteiger partial charge >= 0.3 is 0 Å². The highest BCUT2D eigenvalue weighted by molar-refractivity contribution is 14.0. The standard InChI is InChI=1S/C23H33N5O2S.HI/c1-24-23(27-17-21-7-6-8-22(15-21)31(29,30)25-2)26-16-19-9-11-20(12-10-19)18-28-13-4-3-5-14-28;/h6-12,15,25H,3-5,13-14,16-18H2,1-2H3,(H2,24,26,27);1H. The first-order valence-electron chi connectivity index (χ1n) is 10.8. The third-order valence-corrected chi connectivity index (χ3v) is 6.91. The second-order valence-electron chi connectivity index (χ2n) is 7.79. The molecule has 7 nitrogen and oxygen atoms in total. The van der Waals surface area contributed by atoms with Crippen LogP contribution in [0.15, 0.2) is 58.4 Å². The fraction of sp³-hybridized carbons (Fsp3) is 0.435. The molecular formula is C23H34IN5O2S. The number of nitrogens with zero attached hydrogens (tertiary/aromatic N) is 2. The van der Waals surface area contributed by atoms with Gasteiger partial charge < -0.3 is 10.6 Å². The minimum Gasteiger partial charge on any atom is -0.352 e. The molecule has 0 aliphatic carbocycles. The molecular weight excluding hydrogens is 537 g/mol. The number of benzene rings is 2. The van der Waals surface area contributed by atoms with E-state index in [1.807, 2.05) is 6.07 Å². The first-order valence-corrected chi connectivity index (χ1v) is 12.3. The molecule has 9 heteroatoms. The number of guanidine groups is 1. The summed E-state index contributed by atoms with van der Waals surface area (Å²) in [6, 6.07) is 15.6. The number of aliphatic imine (C=N–C) groups is 1. The van der Waals surface area contributed by atoms with Gasteiger partial charge in [0.05, 0.1) is 4.90 Å². The topological polar surface area (TPSA) is 85.8 Å². The lowest BCUT2D eigenvalue weighted by Crippen LogP contribution is -2.36. The molecule has 0 radical (unpaired) electrons. The maximum Gasteiger partial charge on any atom is 0.240 e. The number of likely N-dealkylation sites (tertiary alicyclic amines) is 1. The average Bonchev–Trinajstić information content (AvgIpc) is 2.81. The summed E-state index contributed by atoms with van der Waals surface area (Å²) in [7, 11) is -0.321. The molecule has 176 valence electrons. The number of halogens is 1. The number of rotatable bonds is 8. The van der Waals surface area contributed by atoms with Gasteiger partial charge in [-0.25, -0.2) is 13.1 Å². The predicted molar refractivity (Wildman–Crippen MR) is 141 cm³/mol. The molecule has 0 atom stereocenters. The molecule has 1 saturated heterocycles. The average molecular weight is 572 g/mol. The Balaban J connectivity index is 0.00000363. The van der Waals surface area contributed by atoms with Crippen LogP contribution >= 0.6 is 24.0 Å². The normalized spacial score (nSPS) is 15.1. The Morgan fingerprint density at radius 1 is 0.938 bits per heavy atom. The van der Waals surface area contributed by atoms with Gasteiger partial charge in [-0.3, -0.25) is 9.89 Å². The van der Waals surface area contributed by atoms with Crippen molar-refractivity contribution in [2.45, 2.75) is 43.8 Å². The van der Waals surface area contributed by atoms with Gasteiger partial charge in [-0.1, -0.05) is 42.8 Å². The molecule has 3 rings (SSSR count). The fourth-order valence-electron chi connectivity index (χ4n) is 3.67. The molecule has 0 amide bonds. The van der Waals surface area contributed by atoms with Gasteiger partial charge in [-0.2, -0.15) is 0 Å². The lowest BCUT2D eigenvalue weighted by atomic mass is 10.1. The van der Waals surface area contributed by atoms with Gasteiger partial charge in [0, 0.05) is 26.7 Å². The SMILES string of the molecule is CN=C(NCc1ccc(CN2CCCCC2)cc1)NCc1cccc(S(=O)(=O)NC)c1.I. The van der Waals surface area contributed by atoms with Crippen LogP contribution in [0.2, 0.25) is 0 Å². The van der Waals surface area contributed by atoms with E-state index in [0.717, 1.165) is 12.1 Å². The number of nitrogens with one attached hydrogen (secondary N) is 3. The Labute approximate surface area is 209 Å². The summed E-state index contributed by atoms with van der Waals surface area (Å²) in [5.41, 5.74) is 3.40. The van der Waals surface area contributed by atoms with Crippen LogP contribution in [0, 0.1) is 0 Å². The summed E-state index contributed by atoms with van der Waals surface area (Å²) in [5.74, 6) is 0.666. The number of hydrogen-bond acceptors (Lipinski definition) is 4. The van der Waals surface area contributed by atoms with E-state index < -0.39 is 10.0 Å². The smallest absolute Gasteiger partial charge is 0.240 e. The van der Waals surface area contributed by atoms with Gasteiger partial charge in [-0.15, -0.1) is 24.0 Å². The molecule has 0 aromatic heterocycles. The largest absolute Gasteiger partial charge is 0.352 e. The van der Waals surface area contributed by atoms with Crippen molar-refractivity contribution in [1.82, 2.24) is 20.3 Å². The summed E-state index contributed by atoms with van der Waals surface area (Å²) in [4.78, 5) is 7.04. The molecule has 1 aliphatic heterocycles. The third-order valence-electron chi connectivity index (χ3n) is 5.50. The lowest BCUT2D eigenvalue weighted by Gasteiger charge is -2.26. The van der Waals surface area contributed by atoms with Crippen molar-refractivity contribution >= 4 is 40.0 Å². The van der Waals surface area contributed by atoms with Crippen LogP contribution < -0.4 is 15.4 Å². The summed E-state index contributed by atoms with van der Waals surface area (Å²) < 4.78 is 26.3. The van der Waals surface area contributed by atoms with Crippen molar-refractivity contribution in [2.24, 2.45) is 4.99 Å². The Morgan fingerprint density at radius 3 is 2.19 bits per heavy atom. The first kappa shape index (κ1) is 26.6. The van der Waals surface area contributed by atoms with E-state index in [9.17, 15) is 8.42 Å². The number of hydrogen-bond donors (Lipinski definition) is 3. The molecule has 1 aliphatic rings. The van der Waals surface area contributed by atoms with Crippen molar-refractivity contribution in [1.29, 1.82) is 0 Å². The molecule has 0 saturated carbocycles. The van der Waals surface area contributed by atoms with Crippen molar-refractivity contribution in [2.75, 3.05) is 27.2 Å². The van der Waals surface area contributed by atoms with E-state index in [4.69, 9.17) is 0 Å². The summed E-state index contributed by atoms with van der Waals surface area (Å²) in [6.45, 7) is 4.57. The van der Waals surface area contributed by atoms with Crippen LogP contribution in [0.25, 0.3) is 0 Å². The van der Waals surface area contributed by atoms with Gasteiger partial charge in [0.15, 0.2) is 5.96 Å². The van der Waals surface area contributed by atoms with Crippen molar-refractivity contribution in [3.63, 3.8) is 0 Å². The monoisotopic (exact) mass is 571 g/mol.